The average molecular weight is 340 g/mol. The minimum Gasteiger partial charge on any atom is -0.369 e. The maximum absolute atomic E-state index is 4.79. The van der Waals surface area contributed by atoms with Crippen LogP contribution >= 0.6 is 0 Å². The predicted molar refractivity (Wildman–Crippen MR) is 100.0 cm³/mol. The first kappa shape index (κ1) is 16.4. The fourth-order valence-electron chi connectivity index (χ4n) is 3.59. The Bertz CT molecular complexity index is 727. The molecule has 0 atom stereocenters. The quantitative estimate of drug-likeness (QED) is 0.839. The van der Waals surface area contributed by atoms with Crippen LogP contribution < -0.4 is 10.2 Å². The molecule has 6 heteroatoms. The van der Waals surface area contributed by atoms with E-state index in [0.29, 0.717) is 5.41 Å². The molecular formula is C19H28N6. The second-order valence-electron chi connectivity index (χ2n) is 7.55. The third kappa shape index (κ3) is 3.62. The Morgan fingerprint density at radius 1 is 1.20 bits per heavy atom. The van der Waals surface area contributed by atoms with Crippen LogP contribution in [0.1, 0.15) is 44.1 Å². The number of rotatable bonds is 7. The van der Waals surface area contributed by atoms with Crippen molar-refractivity contribution in [2.45, 2.75) is 52.5 Å². The third-order valence-electron chi connectivity index (χ3n) is 5.55. The molecule has 2 aliphatic rings. The zero-order valence-corrected chi connectivity index (χ0v) is 15.3. The summed E-state index contributed by atoms with van der Waals surface area (Å²) in [5, 5.41) is 3.61. The van der Waals surface area contributed by atoms with Gasteiger partial charge >= 0.3 is 0 Å². The van der Waals surface area contributed by atoms with E-state index in [9.17, 15) is 0 Å². The summed E-state index contributed by atoms with van der Waals surface area (Å²) < 4.78 is 2.27. The van der Waals surface area contributed by atoms with Gasteiger partial charge < -0.3 is 14.8 Å². The first-order valence-corrected chi connectivity index (χ1v) is 9.52. The van der Waals surface area contributed by atoms with Crippen molar-refractivity contribution >= 4 is 11.8 Å². The van der Waals surface area contributed by atoms with E-state index in [1.807, 2.05) is 6.20 Å². The lowest BCUT2D eigenvalue weighted by molar-refractivity contribution is 0.438. The Labute approximate surface area is 149 Å². The van der Waals surface area contributed by atoms with Gasteiger partial charge in [0.15, 0.2) is 0 Å². The Kier molecular flexibility index (Phi) is 4.36. The summed E-state index contributed by atoms with van der Waals surface area (Å²) in [6, 6.07) is 2.11. The average Bonchev–Trinajstić information content (AvgIpc) is 2.99. The molecule has 0 amide bonds. The van der Waals surface area contributed by atoms with E-state index >= 15 is 0 Å². The van der Waals surface area contributed by atoms with Crippen molar-refractivity contribution in [2.24, 2.45) is 5.41 Å². The second-order valence-corrected chi connectivity index (χ2v) is 7.55. The van der Waals surface area contributed by atoms with Crippen LogP contribution in [0.25, 0.3) is 0 Å². The van der Waals surface area contributed by atoms with Gasteiger partial charge in [-0.2, -0.15) is 4.98 Å². The minimum atomic E-state index is 0.344. The number of hydrogen-bond donors (Lipinski definition) is 1. The van der Waals surface area contributed by atoms with E-state index in [1.165, 1.54) is 25.7 Å². The van der Waals surface area contributed by atoms with Crippen molar-refractivity contribution in [2.75, 3.05) is 29.9 Å². The Morgan fingerprint density at radius 3 is 2.64 bits per heavy atom. The SMILES string of the molecule is CCc1cc(NCC2(Cn3ccnc3C)CC2)nc(N2CCCC2)n1. The summed E-state index contributed by atoms with van der Waals surface area (Å²) in [4.78, 5) is 16.2. The highest BCUT2D eigenvalue weighted by molar-refractivity contribution is 5.44. The number of imidazole rings is 1. The number of nitrogens with zero attached hydrogens (tertiary/aromatic N) is 5. The molecule has 2 aromatic heterocycles. The van der Waals surface area contributed by atoms with Gasteiger partial charge in [-0.3, -0.25) is 0 Å². The van der Waals surface area contributed by atoms with Crippen LogP contribution in [-0.2, 0) is 13.0 Å². The fourth-order valence-corrected chi connectivity index (χ4v) is 3.59. The number of hydrogen-bond acceptors (Lipinski definition) is 5. The lowest BCUT2D eigenvalue weighted by Crippen LogP contribution is -2.24. The van der Waals surface area contributed by atoms with Crippen molar-refractivity contribution in [3.8, 4) is 0 Å². The van der Waals surface area contributed by atoms with Gasteiger partial charge in [-0.25, -0.2) is 9.97 Å². The van der Waals surface area contributed by atoms with E-state index in [0.717, 1.165) is 55.9 Å². The molecule has 1 saturated heterocycles. The maximum atomic E-state index is 4.79. The van der Waals surface area contributed by atoms with Crippen LogP contribution in [-0.4, -0.2) is 39.2 Å². The largest absolute Gasteiger partial charge is 0.369 e. The van der Waals surface area contributed by atoms with E-state index in [-0.39, 0.29) is 0 Å². The fraction of sp³-hybridized carbons (Fsp3) is 0.632. The highest BCUT2D eigenvalue weighted by Crippen LogP contribution is 2.47. The lowest BCUT2D eigenvalue weighted by Gasteiger charge is -2.20. The molecular weight excluding hydrogens is 312 g/mol. The molecule has 25 heavy (non-hydrogen) atoms. The molecule has 4 rings (SSSR count). The molecule has 1 aliphatic heterocycles. The van der Waals surface area contributed by atoms with Gasteiger partial charge in [0.1, 0.15) is 11.6 Å². The highest BCUT2D eigenvalue weighted by Gasteiger charge is 2.43. The molecule has 1 saturated carbocycles. The summed E-state index contributed by atoms with van der Waals surface area (Å²) in [7, 11) is 0. The van der Waals surface area contributed by atoms with Gasteiger partial charge in [-0.05, 0) is 39.0 Å². The molecule has 0 unspecified atom stereocenters. The van der Waals surface area contributed by atoms with Crippen LogP contribution in [0.15, 0.2) is 18.5 Å². The molecule has 0 spiro atoms. The van der Waals surface area contributed by atoms with Crippen molar-refractivity contribution in [1.29, 1.82) is 0 Å². The van der Waals surface area contributed by atoms with Crippen molar-refractivity contribution < 1.29 is 0 Å². The third-order valence-corrected chi connectivity index (χ3v) is 5.55. The molecule has 1 N–H and O–H groups in total. The summed E-state index contributed by atoms with van der Waals surface area (Å²) in [5.41, 5.74) is 1.46. The topological polar surface area (TPSA) is 58.9 Å². The predicted octanol–water partition coefficient (Wildman–Crippen LogP) is 3.04. The van der Waals surface area contributed by atoms with Crippen LogP contribution in [0.4, 0.5) is 11.8 Å². The molecule has 1 aliphatic carbocycles. The lowest BCUT2D eigenvalue weighted by atomic mass is 10.1. The minimum absolute atomic E-state index is 0.344. The monoisotopic (exact) mass is 340 g/mol. The van der Waals surface area contributed by atoms with Crippen molar-refractivity contribution in [3.63, 3.8) is 0 Å². The van der Waals surface area contributed by atoms with E-state index in [1.54, 1.807) is 0 Å². The van der Waals surface area contributed by atoms with Gasteiger partial charge in [0, 0.05) is 55.7 Å². The van der Waals surface area contributed by atoms with E-state index < -0.39 is 0 Å². The molecule has 0 aromatic carbocycles. The zero-order chi connectivity index (χ0) is 17.3. The Morgan fingerprint density at radius 2 is 2.00 bits per heavy atom. The molecule has 0 radical (unpaired) electrons. The molecule has 3 heterocycles. The zero-order valence-electron chi connectivity index (χ0n) is 15.3. The summed E-state index contributed by atoms with van der Waals surface area (Å²) in [6.07, 6.45) is 9.94. The van der Waals surface area contributed by atoms with Crippen LogP contribution in [0.5, 0.6) is 0 Å². The molecule has 6 nitrogen and oxygen atoms in total. The summed E-state index contributed by atoms with van der Waals surface area (Å²) >= 11 is 0. The van der Waals surface area contributed by atoms with Crippen LogP contribution in [0, 0.1) is 12.3 Å². The number of nitrogens with one attached hydrogen (secondary N) is 1. The Hall–Kier alpha value is -2.11. The summed E-state index contributed by atoms with van der Waals surface area (Å²) in [5.74, 6) is 2.97. The standard InChI is InChI=1S/C19H28N6/c1-3-16-12-17(23-18(22-16)24-9-4-5-10-24)21-13-19(6-7-19)14-25-11-8-20-15(25)2/h8,11-12H,3-7,9-10,13-14H2,1-2H3,(H,21,22,23). The van der Waals surface area contributed by atoms with Gasteiger partial charge in [0.05, 0.1) is 0 Å². The number of aryl methyl sites for hydroxylation is 2. The van der Waals surface area contributed by atoms with Gasteiger partial charge in [0.25, 0.3) is 0 Å². The molecule has 0 bridgehead atoms. The first-order chi connectivity index (χ1) is 12.2. The normalized spacial score (nSPS) is 18.6. The van der Waals surface area contributed by atoms with Gasteiger partial charge in [0.2, 0.25) is 5.95 Å². The van der Waals surface area contributed by atoms with Crippen LogP contribution in [0.3, 0.4) is 0 Å². The molecule has 2 fully saturated rings. The molecule has 134 valence electrons. The van der Waals surface area contributed by atoms with Crippen molar-refractivity contribution in [1.82, 2.24) is 19.5 Å². The number of anilines is 2. The molecule has 2 aromatic rings. The first-order valence-electron chi connectivity index (χ1n) is 9.52. The van der Waals surface area contributed by atoms with E-state index in [4.69, 9.17) is 9.97 Å². The van der Waals surface area contributed by atoms with Crippen LogP contribution in [0.2, 0.25) is 0 Å². The van der Waals surface area contributed by atoms with E-state index in [2.05, 4.69) is 45.9 Å². The Balaban J connectivity index is 1.45. The smallest absolute Gasteiger partial charge is 0.227 e. The summed E-state index contributed by atoms with van der Waals surface area (Å²) in [6.45, 7) is 8.39. The van der Waals surface area contributed by atoms with Crippen molar-refractivity contribution in [3.05, 3.63) is 30.0 Å². The number of aromatic nitrogens is 4. The van der Waals surface area contributed by atoms with Gasteiger partial charge in [-0.15, -0.1) is 0 Å². The van der Waals surface area contributed by atoms with Gasteiger partial charge in [-0.1, -0.05) is 6.92 Å². The maximum Gasteiger partial charge on any atom is 0.227 e. The second kappa shape index (κ2) is 6.65. The highest BCUT2D eigenvalue weighted by atomic mass is 15.3.